The quantitative estimate of drug-likeness (QED) is 0.129. The topological polar surface area (TPSA) is 50.4 Å². The van der Waals surface area contributed by atoms with E-state index in [4.69, 9.17) is 8.83 Å². The molecular weight excluding hydrogens is 1590 g/mol. The molecule has 131 heavy (non-hydrogen) atoms. The van der Waals surface area contributed by atoms with Crippen LogP contribution in [-0.4, -0.2) is 17.6 Å². The van der Waals surface area contributed by atoms with E-state index in [0.717, 1.165) is 90.8 Å². The molecule has 640 valence electrons. The fourth-order valence-corrected chi connectivity index (χ4v) is 23.1. The molecule has 8 nitrogen and oxygen atoms in total. The number of aromatic nitrogens is 4. The van der Waals surface area contributed by atoms with Crippen molar-refractivity contribution < 1.29 is 8.83 Å². The molecule has 0 fully saturated rings. The van der Waals surface area contributed by atoms with Crippen molar-refractivity contribution >= 4 is 230 Å². The Morgan fingerprint density at radius 2 is 0.580 bits per heavy atom. The van der Waals surface area contributed by atoms with Crippen molar-refractivity contribution in [1.82, 2.24) is 17.6 Å². The van der Waals surface area contributed by atoms with Crippen molar-refractivity contribution in [3.05, 3.63) is 324 Å². The summed E-state index contributed by atoms with van der Waals surface area (Å²) >= 11 is 0. The molecule has 0 amide bonds. The van der Waals surface area contributed by atoms with Crippen molar-refractivity contribution in [3.63, 3.8) is 0 Å². The summed E-state index contributed by atoms with van der Waals surface area (Å²) in [5.74, 6) is 0.241. The maximum atomic E-state index is 7.07. The van der Waals surface area contributed by atoms with Gasteiger partial charge in [-0.15, -0.1) is 0 Å². The second-order valence-electron chi connectivity index (χ2n) is 44.4. The number of furan rings is 2. The van der Waals surface area contributed by atoms with Crippen LogP contribution in [0.15, 0.2) is 294 Å². The van der Waals surface area contributed by atoms with Crippen molar-refractivity contribution in [3.8, 4) is 0 Å². The summed E-state index contributed by atoms with van der Waals surface area (Å²) in [6.07, 6.45) is 1.95. The van der Waals surface area contributed by atoms with E-state index < -0.39 is 0 Å². The molecule has 26 aromatic rings. The maximum Gasteiger partial charge on any atom is 0.159 e. The highest BCUT2D eigenvalue weighted by molar-refractivity contribution is 6.32. The van der Waals surface area contributed by atoms with Crippen LogP contribution in [0, 0.1) is 0 Å². The van der Waals surface area contributed by atoms with Gasteiger partial charge in [0.15, 0.2) is 5.58 Å². The molecule has 1 unspecified atom stereocenters. The summed E-state index contributed by atoms with van der Waals surface area (Å²) in [4.78, 5) is 4.89. The van der Waals surface area contributed by atoms with Gasteiger partial charge in [-0.3, -0.25) is 0 Å². The second-order valence-corrected chi connectivity index (χ2v) is 44.4. The SMILES string of the molecule is CC(CCC(C)(C)c1cc2c3ccc(N(c4ccccc4)c4ccc5oc6ccccc6c5c4)cc3n3c4cc5c6cc(C(C)(C)C)cc7c8cc(C(C)(C)C)ccc8n(c5cc4c(c1)c23)c76)c1ccc(N(c2ccc3c4cc(C(C)(C)C)cc5c6cc7c(cc6n(c3c2)c45)c2cc(C(C)(C)C)cc3c4cc(C(C)(C)C)ccc4n7c32)c2cccc3c2oc2ccccc23)cc1. The minimum absolute atomic E-state index is 0.00820. The number of anilines is 6. The molecule has 26 rings (SSSR count). The van der Waals surface area contributed by atoms with Crippen molar-refractivity contribution in [2.24, 2.45) is 0 Å². The molecule has 0 bridgehead atoms. The number of hydrogen-bond acceptors (Lipinski definition) is 4. The van der Waals surface area contributed by atoms with Gasteiger partial charge in [0.25, 0.3) is 0 Å². The van der Waals surface area contributed by atoms with Crippen molar-refractivity contribution in [2.75, 3.05) is 9.80 Å². The highest BCUT2D eigenvalue weighted by Crippen LogP contribution is 2.55. The van der Waals surface area contributed by atoms with Crippen LogP contribution in [0.3, 0.4) is 0 Å². The molecule has 0 saturated heterocycles. The predicted octanol–water partition coefficient (Wildman–Crippen LogP) is 35.4. The lowest BCUT2D eigenvalue weighted by molar-refractivity contribution is 0.440. The van der Waals surface area contributed by atoms with Crippen molar-refractivity contribution in [2.45, 2.75) is 176 Å². The standard InChI is InChI=1S/C123H106N6O2/c1-68(69-35-39-77(40-36-69)125(103-32-26-31-85-83-29-22-25-34-111(83)131-117(85)103)80-42-45-81-93-53-72(120(8,9)10)56-97-90-64-106-88(66-108(90)129(113(93)97)105(81)63-80)98-57-73(121(11,12)13)54-95-86-51-70(118(2,3)4)37-46-101(86)126(106)115(95)98)49-50-123(17,18)75-59-94-82-44-41-79(124(76-27-20-19-21-28-76)78-43-48-112-92(61-78)84-30-23-24-33-110(84)130-112)62-104(82)128-109-67-89-99-58-74(122(14,15)16)55-96-87-52-71(119(5,6)7)38-47-102(87)127(116(96)99)107(89)65-91(109)100(60-75)114(94)128/h19-48,51-68H,49-50H2,1-18H3. The first-order chi connectivity index (χ1) is 62.7. The molecule has 1 atom stereocenters. The van der Waals surface area contributed by atoms with Gasteiger partial charge in [0.2, 0.25) is 0 Å². The van der Waals surface area contributed by atoms with Gasteiger partial charge in [-0.25, -0.2) is 0 Å². The zero-order chi connectivity index (χ0) is 89.4. The molecule has 8 heteroatoms. The number of nitrogens with zero attached hydrogens (tertiary/aromatic N) is 6. The molecule has 10 heterocycles. The van der Waals surface area contributed by atoms with Crippen LogP contribution in [0.5, 0.6) is 0 Å². The third-order valence-electron chi connectivity index (χ3n) is 30.6. The Bertz CT molecular complexity index is 9360. The number of hydrogen-bond donors (Lipinski definition) is 0. The van der Waals surface area contributed by atoms with Crippen LogP contribution in [0.1, 0.15) is 182 Å². The lowest BCUT2D eigenvalue weighted by Gasteiger charge is -2.28. The zero-order valence-electron chi connectivity index (χ0n) is 78.1. The summed E-state index contributed by atoms with van der Waals surface area (Å²) in [6, 6.07) is 110. The van der Waals surface area contributed by atoms with Crippen LogP contribution in [0.25, 0.3) is 196 Å². The Balaban J connectivity index is 0.612. The van der Waals surface area contributed by atoms with E-state index in [9.17, 15) is 0 Å². The lowest BCUT2D eigenvalue weighted by atomic mass is 9.77. The first kappa shape index (κ1) is 78.0. The summed E-state index contributed by atoms with van der Waals surface area (Å²) in [5, 5.41) is 25.0. The van der Waals surface area contributed by atoms with Crippen LogP contribution >= 0.6 is 0 Å². The highest BCUT2D eigenvalue weighted by atomic mass is 16.3. The Hall–Kier alpha value is -14.1. The number of fused-ring (bicyclic) bond motifs is 30. The van der Waals surface area contributed by atoms with Gasteiger partial charge < -0.3 is 36.2 Å². The molecule has 0 aliphatic heterocycles. The molecular formula is C123H106N6O2. The fraction of sp³-hybridized carbons (Fsp3) is 0.220. The fourth-order valence-electron chi connectivity index (χ4n) is 23.1. The van der Waals surface area contributed by atoms with E-state index in [1.807, 2.05) is 0 Å². The predicted molar refractivity (Wildman–Crippen MR) is 560 cm³/mol. The summed E-state index contributed by atoms with van der Waals surface area (Å²) in [7, 11) is 0. The highest BCUT2D eigenvalue weighted by Gasteiger charge is 2.35. The molecule has 10 aromatic heterocycles. The van der Waals surface area contributed by atoms with Crippen LogP contribution in [0.2, 0.25) is 0 Å². The minimum Gasteiger partial charge on any atom is -0.456 e. The summed E-state index contributed by atoms with van der Waals surface area (Å²) in [5.41, 5.74) is 33.7. The van der Waals surface area contributed by atoms with E-state index in [0.29, 0.717) is 0 Å². The lowest BCUT2D eigenvalue weighted by Crippen LogP contribution is -2.18. The van der Waals surface area contributed by atoms with E-state index >= 15 is 0 Å². The van der Waals surface area contributed by atoms with E-state index in [1.165, 1.54) is 191 Å². The van der Waals surface area contributed by atoms with Crippen LogP contribution in [0.4, 0.5) is 34.1 Å². The normalized spacial score (nSPS) is 13.8. The largest absolute Gasteiger partial charge is 0.456 e. The molecule has 0 N–H and O–H groups in total. The van der Waals surface area contributed by atoms with E-state index in [2.05, 4.69) is 437 Å². The first-order valence-electron chi connectivity index (χ1n) is 47.2. The van der Waals surface area contributed by atoms with Gasteiger partial charge in [0.1, 0.15) is 16.7 Å². The van der Waals surface area contributed by atoms with E-state index in [-0.39, 0.29) is 38.4 Å². The number of para-hydroxylation sites is 4. The molecule has 0 saturated carbocycles. The minimum atomic E-state index is -0.235. The van der Waals surface area contributed by atoms with Gasteiger partial charge in [-0.05, 0) is 272 Å². The average Bonchev–Trinajstić information content (AvgIpc) is 1.51. The zero-order valence-corrected chi connectivity index (χ0v) is 78.1. The average molecular weight is 1700 g/mol. The van der Waals surface area contributed by atoms with Crippen LogP contribution < -0.4 is 9.80 Å². The molecule has 0 aliphatic rings. The third-order valence-corrected chi connectivity index (χ3v) is 30.6. The van der Waals surface area contributed by atoms with Gasteiger partial charge in [-0.1, -0.05) is 228 Å². The van der Waals surface area contributed by atoms with Gasteiger partial charge in [0, 0.05) is 136 Å². The Kier molecular flexibility index (Phi) is 15.7. The molecule has 0 aliphatic carbocycles. The summed E-state index contributed by atoms with van der Waals surface area (Å²) < 4.78 is 24.0. The smallest absolute Gasteiger partial charge is 0.159 e. The Labute approximate surface area is 761 Å². The van der Waals surface area contributed by atoms with Crippen molar-refractivity contribution in [1.29, 1.82) is 0 Å². The number of rotatable bonds is 11. The monoisotopic (exact) mass is 1700 g/mol. The van der Waals surface area contributed by atoms with Gasteiger partial charge >= 0.3 is 0 Å². The Morgan fingerprint density at radius 3 is 1.05 bits per heavy atom. The third kappa shape index (κ3) is 11.2. The summed E-state index contributed by atoms with van der Waals surface area (Å²) in [6.45, 7) is 42.7. The Morgan fingerprint density at radius 1 is 0.237 bits per heavy atom. The van der Waals surface area contributed by atoms with Crippen LogP contribution in [-0.2, 0) is 32.5 Å². The van der Waals surface area contributed by atoms with Gasteiger partial charge in [0.05, 0.1) is 71.9 Å². The molecule has 0 radical (unpaired) electrons. The number of benzene rings is 16. The van der Waals surface area contributed by atoms with Gasteiger partial charge in [-0.2, -0.15) is 0 Å². The first-order valence-corrected chi connectivity index (χ1v) is 47.2. The van der Waals surface area contributed by atoms with E-state index in [1.54, 1.807) is 0 Å². The molecule has 16 aromatic carbocycles. The molecule has 0 spiro atoms. The second kappa shape index (κ2) is 26.4. The maximum absolute atomic E-state index is 7.07.